The molecule has 1 aliphatic carbocycles. The van der Waals surface area contributed by atoms with E-state index in [2.05, 4.69) is 111 Å². The fourth-order valence-corrected chi connectivity index (χ4v) is 6.02. The van der Waals surface area contributed by atoms with Crippen molar-refractivity contribution in [1.82, 2.24) is 0 Å². The third kappa shape index (κ3) is 4.09. The molecule has 0 saturated heterocycles. The van der Waals surface area contributed by atoms with Crippen molar-refractivity contribution in [3.63, 3.8) is 0 Å². The topological polar surface area (TPSA) is 0 Å². The van der Waals surface area contributed by atoms with Gasteiger partial charge in [-0.1, -0.05) is 140 Å². The molecule has 0 radical (unpaired) electrons. The second-order valence-corrected chi connectivity index (χ2v) is 9.40. The lowest BCUT2D eigenvalue weighted by Gasteiger charge is -2.25. The summed E-state index contributed by atoms with van der Waals surface area (Å²) in [6.07, 6.45) is 0. The van der Waals surface area contributed by atoms with Crippen molar-refractivity contribution in [2.75, 3.05) is 0 Å². The summed E-state index contributed by atoms with van der Waals surface area (Å²) in [5.41, 5.74) is 5.64. The van der Waals surface area contributed by atoms with Crippen LogP contribution in [0.25, 0.3) is 54.2 Å². The maximum absolute atomic E-state index is 2.40. The second kappa shape index (κ2) is 10.8. The fraction of sp³-hybridized carbons (Fsp3) is 0.243. The van der Waals surface area contributed by atoms with Crippen molar-refractivity contribution in [1.29, 1.82) is 0 Å². The molecular weight excluding hydrogens is 444 g/mol. The van der Waals surface area contributed by atoms with Crippen LogP contribution in [-0.2, 0) is 5.41 Å². The highest BCUT2D eigenvalue weighted by atomic mass is 14.4. The van der Waals surface area contributed by atoms with Crippen LogP contribution in [0.5, 0.6) is 0 Å². The molecule has 0 unspecified atom stereocenters. The van der Waals surface area contributed by atoms with Gasteiger partial charge in [-0.3, -0.25) is 0 Å². The molecule has 0 heterocycles. The molecule has 6 aromatic carbocycles. The lowest BCUT2D eigenvalue weighted by atomic mass is 9.78. The average Bonchev–Trinajstić information content (AvgIpc) is 3.22. The summed E-state index contributed by atoms with van der Waals surface area (Å²) < 4.78 is 0. The molecule has 0 aliphatic heterocycles. The van der Waals surface area contributed by atoms with E-state index in [9.17, 15) is 0 Å². The Morgan fingerprint density at radius 2 is 0.865 bits per heavy atom. The predicted molar refractivity (Wildman–Crippen MR) is 168 cm³/mol. The minimum absolute atomic E-state index is 0.0609. The van der Waals surface area contributed by atoms with E-state index in [0.29, 0.717) is 0 Å². The number of benzene rings is 6. The summed E-state index contributed by atoms with van der Waals surface area (Å²) in [7, 11) is 0. The quantitative estimate of drug-likeness (QED) is 0.148. The van der Waals surface area contributed by atoms with Crippen molar-refractivity contribution in [3.05, 3.63) is 108 Å². The van der Waals surface area contributed by atoms with Gasteiger partial charge in [0.05, 0.1) is 0 Å². The van der Waals surface area contributed by atoms with Gasteiger partial charge in [-0.15, -0.1) is 0 Å². The van der Waals surface area contributed by atoms with Gasteiger partial charge in [0, 0.05) is 5.41 Å². The van der Waals surface area contributed by atoms with Crippen LogP contribution >= 0.6 is 0 Å². The highest BCUT2D eigenvalue weighted by Crippen LogP contribution is 2.54. The summed E-state index contributed by atoms with van der Waals surface area (Å²) in [5, 5.41) is 10.7. The molecule has 0 heteroatoms. The van der Waals surface area contributed by atoms with Crippen LogP contribution in [0, 0.1) is 0 Å². The molecule has 0 bridgehead atoms. The molecule has 0 saturated carbocycles. The molecule has 0 spiro atoms. The molecule has 1 aliphatic rings. The van der Waals surface area contributed by atoms with Gasteiger partial charge in [-0.25, -0.2) is 0 Å². The van der Waals surface area contributed by atoms with E-state index >= 15 is 0 Å². The molecule has 0 amide bonds. The molecule has 6 aromatic rings. The zero-order valence-corrected chi connectivity index (χ0v) is 23.7. The zero-order chi connectivity index (χ0) is 26.7. The van der Waals surface area contributed by atoms with Crippen LogP contribution in [0.2, 0.25) is 0 Å². The van der Waals surface area contributed by atoms with Crippen molar-refractivity contribution in [2.45, 2.75) is 60.8 Å². The summed E-state index contributed by atoms with van der Waals surface area (Å²) in [4.78, 5) is 0. The van der Waals surface area contributed by atoms with E-state index in [-0.39, 0.29) is 5.41 Å². The van der Waals surface area contributed by atoms with Gasteiger partial charge in [0.1, 0.15) is 0 Å². The van der Waals surface area contributed by atoms with Crippen LogP contribution in [0.1, 0.15) is 66.5 Å². The fourth-order valence-electron chi connectivity index (χ4n) is 6.02. The third-order valence-electron chi connectivity index (χ3n) is 7.35. The molecule has 0 aromatic heterocycles. The van der Waals surface area contributed by atoms with Crippen LogP contribution < -0.4 is 0 Å². The second-order valence-electron chi connectivity index (χ2n) is 9.40. The Balaban J connectivity index is 0.000000500. The van der Waals surface area contributed by atoms with Gasteiger partial charge in [0.15, 0.2) is 0 Å². The largest absolute Gasteiger partial charge is 0.0683 e. The smallest absolute Gasteiger partial charge is 0.0171 e. The first-order valence-electron chi connectivity index (χ1n) is 14.0. The molecule has 0 nitrogen and oxygen atoms in total. The highest BCUT2D eigenvalue weighted by Gasteiger charge is 2.38. The normalized spacial score (nSPS) is 12.5. The SMILES string of the molecule is CC.CC.CC.CC1(C)c2c(ccc3cc4ccccc4cc23)-c2ccc3c(ccc4ccccc43)c21. The van der Waals surface area contributed by atoms with E-state index in [0.717, 1.165) is 0 Å². The van der Waals surface area contributed by atoms with Crippen molar-refractivity contribution in [3.8, 4) is 11.1 Å². The summed E-state index contributed by atoms with van der Waals surface area (Å²) >= 11 is 0. The average molecular weight is 485 g/mol. The molecule has 37 heavy (non-hydrogen) atoms. The Morgan fingerprint density at radius 1 is 0.378 bits per heavy atom. The van der Waals surface area contributed by atoms with E-state index in [1.54, 1.807) is 0 Å². The first-order valence-corrected chi connectivity index (χ1v) is 14.0. The van der Waals surface area contributed by atoms with Gasteiger partial charge >= 0.3 is 0 Å². The summed E-state index contributed by atoms with van der Waals surface area (Å²) in [5.74, 6) is 0. The number of rotatable bonds is 0. The minimum Gasteiger partial charge on any atom is -0.0683 e. The van der Waals surface area contributed by atoms with Gasteiger partial charge in [0.25, 0.3) is 0 Å². The van der Waals surface area contributed by atoms with Crippen molar-refractivity contribution >= 4 is 43.1 Å². The first-order chi connectivity index (χ1) is 18.1. The number of hydrogen-bond donors (Lipinski definition) is 0. The van der Waals surface area contributed by atoms with Gasteiger partial charge in [-0.2, -0.15) is 0 Å². The maximum Gasteiger partial charge on any atom is 0.0171 e. The molecule has 0 N–H and O–H groups in total. The molecule has 188 valence electrons. The van der Waals surface area contributed by atoms with Crippen LogP contribution in [-0.4, -0.2) is 0 Å². The van der Waals surface area contributed by atoms with E-state index in [4.69, 9.17) is 0 Å². The van der Waals surface area contributed by atoms with Gasteiger partial charge in [-0.05, 0) is 77.5 Å². The lowest BCUT2D eigenvalue weighted by Crippen LogP contribution is -2.16. The predicted octanol–water partition coefficient (Wildman–Crippen LogP) is 11.7. The Kier molecular flexibility index (Phi) is 7.69. The lowest BCUT2D eigenvalue weighted by molar-refractivity contribution is 0.672. The van der Waals surface area contributed by atoms with Crippen molar-refractivity contribution in [2.24, 2.45) is 0 Å². The van der Waals surface area contributed by atoms with E-state index in [1.807, 2.05) is 41.5 Å². The zero-order valence-electron chi connectivity index (χ0n) is 23.7. The highest BCUT2D eigenvalue weighted by molar-refractivity contribution is 6.13. The number of hydrogen-bond acceptors (Lipinski definition) is 0. The van der Waals surface area contributed by atoms with Gasteiger partial charge in [0.2, 0.25) is 0 Å². The Bertz CT molecular complexity index is 1670. The Hall–Kier alpha value is -3.64. The summed E-state index contributed by atoms with van der Waals surface area (Å²) in [6, 6.07) is 36.1. The summed E-state index contributed by atoms with van der Waals surface area (Å²) in [6.45, 7) is 16.8. The van der Waals surface area contributed by atoms with Crippen LogP contribution in [0.4, 0.5) is 0 Å². The molecular formula is C37H40. The van der Waals surface area contributed by atoms with E-state index < -0.39 is 0 Å². The van der Waals surface area contributed by atoms with Crippen LogP contribution in [0.15, 0.2) is 97.1 Å². The Labute approximate surface area is 223 Å². The molecule has 7 rings (SSSR count). The Morgan fingerprint density at radius 3 is 1.54 bits per heavy atom. The first kappa shape index (κ1) is 26.4. The van der Waals surface area contributed by atoms with E-state index in [1.165, 1.54) is 65.3 Å². The minimum atomic E-state index is -0.0609. The molecule has 0 fully saturated rings. The molecule has 0 atom stereocenters. The van der Waals surface area contributed by atoms with Gasteiger partial charge < -0.3 is 0 Å². The standard InChI is InChI=1S/C31H22.3C2H6/c1-31(2)29-25-13-11-19-7-5-6-10-23(19)24(25)15-16-27(29)26-14-12-22-17-20-8-3-4-9-21(20)18-28(22)30(26)31;3*1-2/h3-18H,1-2H3;3*1-2H3. The monoisotopic (exact) mass is 484 g/mol. The number of fused-ring (bicyclic) bond motifs is 10. The van der Waals surface area contributed by atoms with Crippen LogP contribution in [0.3, 0.4) is 0 Å². The van der Waals surface area contributed by atoms with Crippen molar-refractivity contribution < 1.29 is 0 Å². The maximum atomic E-state index is 2.40. The third-order valence-corrected chi connectivity index (χ3v) is 7.35.